The lowest BCUT2D eigenvalue weighted by atomic mass is 10.1. The van der Waals surface area contributed by atoms with Crippen molar-refractivity contribution in [3.63, 3.8) is 0 Å². The van der Waals surface area contributed by atoms with E-state index in [-0.39, 0.29) is 17.9 Å². The zero-order valence-electron chi connectivity index (χ0n) is 13.7. The van der Waals surface area contributed by atoms with Crippen LogP contribution in [0.4, 0.5) is 10.5 Å². The standard InChI is InChI=1S/C19H20ClN3O2/c20-16-6-8-17(9-7-16)22-19(25)21-11-15-10-18(24)23(13-15)12-14-4-2-1-3-5-14/h1-9,15H,10-13H2,(H2,21,22,25). The Bertz CT molecular complexity index is 734. The lowest BCUT2D eigenvalue weighted by molar-refractivity contribution is -0.128. The maximum atomic E-state index is 12.1. The zero-order valence-corrected chi connectivity index (χ0v) is 14.5. The summed E-state index contributed by atoms with van der Waals surface area (Å²) in [5, 5.41) is 6.20. The molecular weight excluding hydrogens is 338 g/mol. The molecule has 1 atom stereocenters. The van der Waals surface area contributed by atoms with Crippen molar-refractivity contribution in [1.29, 1.82) is 0 Å². The number of likely N-dealkylation sites (tertiary alicyclic amines) is 1. The van der Waals surface area contributed by atoms with Crippen molar-refractivity contribution in [2.75, 3.05) is 18.4 Å². The van der Waals surface area contributed by atoms with Gasteiger partial charge in [-0.15, -0.1) is 0 Å². The summed E-state index contributed by atoms with van der Waals surface area (Å²) in [7, 11) is 0. The van der Waals surface area contributed by atoms with E-state index in [2.05, 4.69) is 10.6 Å². The molecule has 5 nitrogen and oxygen atoms in total. The number of nitrogens with zero attached hydrogens (tertiary/aromatic N) is 1. The van der Waals surface area contributed by atoms with E-state index >= 15 is 0 Å². The van der Waals surface area contributed by atoms with Gasteiger partial charge in [-0.05, 0) is 29.8 Å². The van der Waals surface area contributed by atoms with Crippen LogP contribution in [-0.4, -0.2) is 29.9 Å². The lowest BCUT2D eigenvalue weighted by Gasteiger charge is -2.17. The number of anilines is 1. The third-order valence-electron chi connectivity index (χ3n) is 4.16. The van der Waals surface area contributed by atoms with E-state index in [0.29, 0.717) is 36.8 Å². The summed E-state index contributed by atoms with van der Waals surface area (Å²) in [5.74, 6) is 0.265. The van der Waals surface area contributed by atoms with Gasteiger partial charge in [-0.25, -0.2) is 4.79 Å². The van der Waals surface area contributed by atoms with E-state index in [9.17, 15) is 9.59 Å². The molecule has 1 saturated heterocycles. The second-order valence-electron chi connectivity index (χ2n) is 6.17. The molecule has 6 heteroatoms. The van der Waals surface area contributed by atoms with Crippen molar-refractivity contribution in [1.82, 2.24) is 10.2 Å². The smallest absolute Gasteiger partial charge is 0.319 e. The van der Waals surface area contributed by atoms with E-state index in [1.165, 1.54) is 0 Å². The number of amides is 3. The quantitative estimate of drug-likeness (QED) is 0.860. The highest BCUT2D eigenvalue weighted by Crippen LogP contribution is 2.19. The summed E-state index contributed by atoms with van der Waals surface area (Å²) >= 11 is 5.82. The molecule has 3 rings (SSSR count). The van der Waals surface area contributed by atoms with Crippen LogP contribution in [0, 0.1) is 5.92 Å². The molecule has 2 aromatic carbocycles. The van der Waals surface area contributed by atoms with Crippen LogP contribution in [-0.2, 0) is 11.3 Å². The summed E-state index contributed by atoms with van der Waals surface area (Å²) < 4.78 is 0. The highest BCUT2D eigenvalue weighted by Gasteiger charge is 2.29. The van der Waals surface area contributed by atoms with Crippen molar-refractivity contribution in [2.24, 2.45) is 5.92 Å². The summed E-state index contributed by atoms with van der Waals surface area (Å²) in [5.41, 5.74) is 1.79. The van der Waals surface area contributed by atoms with Crippen LogP contribution in [0.5, 0.6) is 0 Å². The van der Waals surface area contributed by atoms with Crippen molar-refractivity contribution >= 4 is 29.2 Å². The number of hydrogen-bond donors (Lipinski definition) is 2. The van der Waals surface area contributed by atoms with Gasteiger partial charge in [-0.1, -0.05) is 41.9 Å². The molecule has 3 amide bonds. The predicted octanol–water partition coefficient (Wildman–Crippen LogP) is 3.51. The van der Waals surface area contributed by atoms with Crippen molar-refractivity contribution in [3.8, 4) is 0 Å². The molecule has 1 heterocycles. The largest absolute Gasteiger partial charge is 0.338 e. The Morgan fingerprint density at radius 2 is 1.84 bits per heavy atom. The van der Waals surface area contributed by atoms with Gasteiger partial charge in [0, 0.05) is 42.7 Å². The number of hydrogen-bond acceptors (Lipinski definition) is 2. The maximum absolute atomic E-state index is 12.1. The molecule has 0 bridgehead atoms. The van der Waals surface area contributed by atoms with Crippen molar-refractivity contribution in [2.45, 2.75) is 13.0 Å². The predicted molar refractivity (Wildman–Crippen MR) is 98.4 cm³/mol. The molecule has 0 aromatic heterocycles. The van der Waals surface area contributed by atoms with Crippen LogP contribution in [0.3, 0.4) is 0 Å². The normalized spacial score (nSPS) is 16.8. The topological polar surface area (TPSA) is 61.4 Å². The number of nitrogens with one attached hydrogen (secondary N) is 2. The fourth-order valence-electron chi connectivity index (χ4n) is 2.89. The zero-order chi connectivity index (χ0) is 17.6. The van der Waals surface area contributed by atoms with E-state index in [1.807, 2.05) is 35.2 Å². The summed E-state index contributed by atoms with van der Waals surface area (Å²) in [6, 6.07) is 16.6. The molecule has 0 radical (unpaired) electrons. The van der Waals surface area contributed by atoms with Crippen LogP contribution in [0.15, 0.2) is 54.6 Å². The fourth-order valence-corrected chi connectivity index (χ4v) is 3.02. The third-order valence-corrected chi connectivity index (χ3v) is 4.42. The van der Waals surface area contributed by atoms with Crippen LogP contribution in [0.25, 0.3) is 0 Å². The summed E-state index contributed by atoms with van der Waals surface area (Å²) in [4.78, 5) is 25.9. The minimum absolute atomic E-state index is 0.132. The second kappa shape index (κ2) is 8.03. The van der Waals surface area contributed by atoms with E-state index in [1.54, 1.807) is 24.3 Å². The van der Waals surface area contributed by atoms with Crippen LogP contribution < -0.4 is 10.6 Å². The van der Waals surface area contributed by atoms with Crippen LogP contribution in [0.1, 0.15) is 12.0 Å². The Morgan fingerprint density at radius 3 is 2.56 bits per heavy atom. The molecule has 1 aliphatic heterocycles. The molecule has 0 aliphatic carbocycles. The Morgan fingerprint density at radius 1 is 1.12 bits per heavy atom. The highest BCUT2D eigenvalue weighted by molar-refractivity contribution is 6.30. The SMILES string of the molecule is O=C(NCC1CC(=O)N(Cc2ccccc2)C1)Nc1ccc(Cl)cc1. The van der Waals surface area contributed by atoms with Gasteiger partial charge in [0.05, 0.1) is 0 Å². The van der Waals surface area contributed by atoms with E-state index in [0.717, 1.165) is 5.56 Å². The van der Waals surface area contributed by atoms with Gasteiger partial charge < -0.3 is 15.5 Å². The average Bonchev–Trinajstić information content (AvgIpc) is 2.96. The molecular formula is C19H20ClN3O2. The minimum Gasteiger partial charge on any atom is -0.338 e. The molecule has 130 valence electrons. The maximum Gasteiger partial charge on any atom is 0.319 e. The van der Waals surface area contributed by atoms with Crippen molar-refractivity contribution < 1.29 is 9.59 Å². The average molecular weight is 358 g/mol. The summed E-state index contributed by atoms with van der Waals surface area (Å²) in [6.07, 6.45) is 0.466. The number of halogens is 1. The Hall–Kier alpha value is -2.53. The molecule has 2 N–H and O–H groups in total. The molecule has 1 fully saturated rings. The van der Waals surface area contributed by atoms with Gasteiger partial charge in [0.1, 0.15) is 0 Å². The molecule has 0 spiro atoms. The monoisotopic (exact) mass is 357 g/mol. The molecule has 1 unspecified atom stereocenters. The number of urea groups is 1. The van der Waals surface area contributed by atoms with Gasteiger partial charge in [-0.3, -0.25) is 4.79 Å². The third kappa shape index (κ3) is 4.97. The Balaban J connectivity index is 1.45. The number of carbonyl (C=O) groups is 2. The Labute approximate surface area is 152 Å². The van der Waals surface area contributed by atoms with Crippen LogP contribution in [0.2, 0.25) is 5.02 Å². The molecule has 25 heavy (non-hydrogen) atoms. The molecule has 1 aliphatic rings. The Kier molecular flexibility index (Phi) is 5.56. The molecule has 0 saturated carbocycles. The van der Waals surface area contributed by atoms with Gasteiger partial charge >= 0.3 is 6.03 Å². The number of carbonyl (C=O) groups excluding carboxylic acids is 2. The first kappa shape index (κ1) is 17.3. The van der Waals surface area contributed by atoms with Crippen molar-refractivity contribution in [3.05, 3.63) is 65.2 Å². The first-order valence-electron chi connectivity index (χ1n) is 8.22. The van der Waals surface area contributed by atoms with E-state index in [4.69, 9.17) is 11.6 Å². The van der Waals surface area contributed by atoms with Gasteiger partial charge in [-0.2, -0.15) is 0 Å². The second-order valence-corrected chi connectivity index (χ2v) is 6.61. The highest BCUT2D eigenvalue weighted by atomic mass is 35.5. The van der Waals surface area contributed by atoms with Gasteiger partial charge in [0.2, 0.25) is 5.91 Å². The lowest BCUT2D eigenvalue weighted by Crippen LogP contribution is -2.34. The number of rotatable bonds is 5. The van der Waals surface area contributed by atoms with E-state index < -0.39 is 0 Å². The minimum atomic E-state index is -0.281. The fraction of sp³-hybridized carbons (Fsp3) is 0.263. The molecule has 2 aromatic rings. The number of benzene rings is 2. The first-order valence-corrected chi connectivity index (χ1v) is 8.60. The van der Waals surface area contributed by atoms with Crippen LogP contribution >= 0.6 is 11.6 Å². The summed E-state index contributed by atoms with van der Waals surface area (Å²) in [6.45, 7) is 1.75. The van der Waals surface area contributed by atoms with Gasteiger partial charge in [0.25, 0.3) is 0 Å². The van der Waals surface area contributed by atoms with Gasteiger partial charge in [0.15, 0.2) is 0 Å². The first-order chi connectivity index (χ1) is 12.1.